The second-order valence-corrected chi connectivity index (χ2v) is 6.27. The van der Waals surface area contributed by atoms with E-state index in [-0.39, 0.29) is 0 Å². The summed E-state index contributed by atoms with van der Waals surface area (Å²) in [5.41, 5.74) is 0. The third kappa shape index (κ3) is 27.2. The molecule has 118 valence electrons. The molecule has 0 saturated heterocycles. The minimum absolute atomic E-state index is 1.19. The lowest BCUT2D eigenvalue weighted by molar-refractivity contribution is 0.340. The largest absolute Gasteiger partial charge is 0.309 e. The summed E-state index contributed by atoms with van der Waals surface area (Å²) in [7, 11) is 16.9. The van der Waals surface area contributed by atoms with Gasteiger partial charge in [0.05, 0.1) is 0 Å². The highest BCUT2D eigenvalue weighted by Crippen LogP contribution is 1.91. The maximum Gasteiger partial charge on any atom is -0.00126 e. The van der Waals surface area contributed by atoms with Crippen LogP contribution in [-0.2, 0) is 0 Å². The summed E-state index contributed by atoms with van der Waals surface area (Å²) in [6, 6.07) is 0. The van der Waals surface area contributed by atoms with Gasteiger partial charge in [-0.1, -0.05) is 0 Å². The first-order chi connectivity index (χ1) is 8.75. The third-order valence-electron chi connectivity index (χ3n) is 2.67. The van der Waals surface area contributed by atoms with Gasteiger partial charge in [0.2, 0.25) is 0 Å². The fourth-order valence-corrected chi connectivity index (χ4v) is 1.56. The van der Waals surface area contributed by atoms with E-state index in [1.54, 1.807) is 0 Å². The van der Waals surface area contributed by atoms with Crippen molar-refractivity contribution in [2.45, 2.75) is 19.3 Å². The van der Waals surface area contributed by atoms with E-state index in [9.17, 15) is 0 Å². The second-order valence-electron chi connectivity index (χ2n) is 6.27. The van der Waals surface area contributed by atoms with Crippen molar-refractivity contribution < 1.29 is 0 Å². The molecule has 0 unspecified atom stereocenters. The van der Waals surface area contributed by atoms with E-state index in [2.05, 4.69) is 76.0 Å². The van der Waals surface area contributed by atoms with Gasteiger partial charge in [0, 0.05) is 0 Å². The first-order valence-electron chi connectivity index (χ1n) is 7.34. The molecule has 0 atom stereocenters. The van der Waals surface area contributed by atoms with Crippen LogP contribution in [0.2, 0.25) is 0 Å². The van der Waals surface area contributed by atoms with E-state index >= 15 is 0 Å². The molecule has 0 saturated carbocycles. The molecule has 0 aromatic rings. The summed E-state index contributed by atoms with van der Waals surface area (Å²) in [6.07, 6.45) is 3.89. The lowest BCUT2D eigenvalue weighted by atomic mass is 10.3. The van der Waals surface area contributed by atoms with E-state index < -0.39 is 0 Å². The molecule has 0 amide bonds. The average molecular weight is 274 g/mol. The molecule has 0 aliphatic carbocycles. The lowest BCUT2D eigenvalue weighted by Gasteiger charge is -2.12. The number of hydrogen-bond acceptors (Lipinski definition) is 4. The maximum atomic E-state index is 2.23. The van der Waals surface area contributed by atoms with Gasteiger partial charge in [0.1, 0.15) is 0 Å². The first-order valence-corrected chi connectivity index (χ1v) is 7.34. The number of hydrogen-bond donors (Lipinski definition) is 0. The van der Waals surface area contributed by atoms with Gasteiger partial charge in [-0.25, -0.2) is 0 Å². The molecule has 0 N–H and O–H groups in total. The van der Waals surface area contributed by atoms with Crippen LogP contribution in [0.5, 0.6) is 0 Å². The van der Waals surface area contributed by atoms with Crippen molar-refractivity contribution in [1.29, 1.82) is 0 Å². The van der Waals surface area contributed by atoms with Crippen molar-refractivity contribution >= 4 is 0 Å². The van der Waals surface area contributed by atoms with Crippen LogP contribution in [-0.4, -0.2) is 102 Å². The lowest BCUT2D eigenvalue weighted by Crippen LogP contribution is -2.20. The Kier molecular flexibility index (Phi) is 15.9. The number of nitrogens with zero attached hydrogens (tertiary/aromatic N) is 4. The second kappa shape index (κ2) is 14.3. The van der Waals surface area contributed by atoms with Crippen LogP contribution in [0.25, 0.3) is 0 Å². The Bertz CT molecular complexity index is 150. The highest BCUT2D eigenvalue weighted by atomic mass is 15.1. The molecule has 0 aliphatic heterocycles. The van der Waals surface area contributed by atoms with Gasteiger partial charge in [0.15, 0.2) is 0 Å². The minimum Gasteiger partial charge on any atom is -0.309 e. The van der Waals surface area contributed by atoms with Crippen LogP contribution in [0.1, 0.15) is 19.3 Å². The molecule has 0 heterocycles. The van der Waals surface area contributed by atoms with Crippen molar-refractivity contribution in [2.24, 2.45) is 0 Å². The Morgan fingerprint density at radius 1 is 0.368 bits per heavy atom. The molecule has 0 rings (SSSR count). The highest BCUT2D eigenvalue weighted by Gasteiger charge is 1.92. The third-order valence-corrected chi connectivity index (χ3v) is 2.67. The minimum atomic E-state index is 1.19. The Balaban J connectivity index is 0. The number of rotatable bonds is 9. The van der Waals surface area contributed by atoms with Gasteiger partial charge in [-0.3, -0.25) is 0 Å². The van der Waals surface area contributed by atoms with Crippen LogP contribution >= 0.6 is 0 Å². The summed E-state index contributed by atoms with van der Waals surface area (Å²) in [5.74, 6) is 0. The standard InChI is InChI=1S/C8H20N2.C7H18N2/c1-9(2)7-5-6-8-10(3)4;1-8(2)6-5-7-9(3)4/h5-8H2,1-4H3;5-7H2,1-4H3. The predicted molar refractivity (Wildman–Crippen MR) is 88.1 cm³/mol. The molecule has 0 aliphatic rings. The SMILES string of the molecule is CN(C)CCCCN(C)C.CN(C)CCCN(C)C. The fourth-order valence-electron chi connectivity index (χ4n) is 1.56. The van der Waals surface area contributed by atoms with Crippen molar-refractivity contribution in [3.63, 3.8) is 0 Å². The topological polar surface area (TPSA) is 13.0 Å². The molecule has 0 fully saturated rings. The van der Waals surface area contributed by atoms with E-state index in [0.717, 1.165) is 0 Å². The Hall–Kier alpha value is -0.160. The zero-order chi connectivity index (χ0) is 15.3. The molecule has 0 aromatic heterocycles. The average Bonchev–Trinajstić information content (AvgIpc) is 2.23. The Morgan fingerprint density at radius 2 is 0.579 bits per heavy atom. The fraction of sp³-hybridized carbons (Fsp3) is 1.00. The number of unbranched alkanes of at least 4 members (excludes halogenated alkanes) is 1. The van der Waals surface area contributed by atoms with Gasteiger partial charge >= 0.3 is 0 Å². The molecular formula is C15H38N4. The van der Waals surface area contributed by atoms with Crippen LogP contribution in [0.4, 0.5) is 0 Å². The van der Waals surface area contributed by atoms with Gasteiger partial charge < -0.3 is 19.6 Å². The van der Waals surface area contributed by atoms with Crippen LogP contribution in [0.15, 0.2) is 0 Å². The van der Waals surface area contributed by atoms with Gasteiger partial charge in [-0.2, -0.15) is 0 Å². The molecule has 0 spiro atoms. The summed E-state index contributed by atoms with van der Waals surface area (Å²) in [4.78, 5) is 8.89. The van der Waals surface area contributed by atoms with E-state index in [1.807, 2.05) is 0 Å². The molecule has 0 aromatic carbocycles. The summed E-state index contributed by atoms with van der Waals surface area (Å²) >= 11 is 0. The first kappa shape index (κ1) is 21.1. The van der Waals surface area contributed by atoms with Crippen molar-refractivity contribution in [1.82, 2.24) is 19.6 Å². The monoisotopic (exact) mass is 274 g/mol. The predicted octanol–water partition coefficient (Wildman–Crippen LogP) is 1.39. The zero-order valence-electron chi connectivity index (χ0n) is 14.7. The van der Waals surface area contributed by atoms with Crippen LogP contribution in [0.3, 0.4) is 0 Å². The van der Waals surface area contributed by atoms with Crippen molar-refractivity contribution in [2.75, 3.05) is 82.6 Å². The highest BCUT2D eigenvalue weighted by molar-refractivity contribution is 4.48. The van der Waals surface area contributed by atoms with Gasteiger partial charge in [-0.05, 0) is 102 Å². The van der Waals surface area contributed by atoms with E-state index in [0.29, 0.717) is 0 Å². The van der Waals surface area contributed by atoms with E-state index in [1.165, 1.54) is 45.4 Å². The summed E-state index contributed by atoms with van der Waals surface area (Å²) in [5, 5.41) is 0. The van der Waals surface area contributed by atoms with Crippen LogP contribution < -0.4 is 0 Å². The van der Waals surface area contributed by atoms with Crippen molar-refractivity contribution in [3.8, 4) is 0 Å². The zero-order valence-corrected chi connectivity index (χ0v) is 14.7. The summed E-state index contributed by atoms with van der Waals surface area (Å²) < 4.78 is 0. The van der Waals surface area contributed by atoms with Crippen molar-refractivity contribution in [3.05, 3.63) is 0 Å². The molecule has 4 nitrogen and oxygen atoms in total. The molecule has 4 heteroatoms. The van der Waals surface area contributed by atoms with Gasteiger partial charge in [0.25, 0.3) is 0 Å². The van der Waals surface area contributed by atoms with E-state index in [4.69, 9.17) is 0 Å². The summed E-state index contributed by atoms with van der Waals surface area (Å²) in [6.45, 7) is 4.82. The molecule has 0 bridgehead atoms. The molecule has 19 heavy (non-hydrogen) atoms. The quantitative estimate of drug-likeness (QED) is 0.589. The smallest absolute Gasteiger partial charge is 0.00126 e. The maximum absolute atomic E-state index is 2.23. The van der Waals surface area contributed by atoms with Crippen LogP contribution in [0, 0.1) is 0 Å². The Morgan fingerprint density at radius 3 is 0.789 bits per heavy atom. The van der Waals surface area contributed by atoms with Gasteiger partial charge in [-0.15, -0.1) is 0 Å². The molecule has 0 radical (unpaired) electrons. The Labute approximate surface area is 122 Å². The molecular weight excluding hydrogens is 236 g/mol. The normalized spacial score (nSPS) is 11.4.